The molecule has 1 aliphatic heterocycles. The number of benzene rings is 1. The number of likely N-dealkylation sites (N-methyl/N-ethyl adjacent to an activating group) is 1. The van der Waals surface area contributed by atoms with Gasteiger partial charge in [-0.2, -0.15) is 5.26 Å². The summed E-state index contributed by atoms with van der Waals surface area (Å²) in [5, 5.41) is 8.57. The molecule has 1 fully saturated rings. The quantitative estimate of drug-likeness (QED) is 0.778. The Morgan fingerprint density at radius 3 is 2.59 bits per heavy atom. The number of rotatable bonds is 2. The van der Waals surface area contributed by atoms with Gasteiger partial charge >= 0.3 is 0 Å². The Labute approximate surface area is 101 Å². The van der Waals surface area contributed by atoms with Crippen LogP contribution in [0.5, 0.6) is 0 Å². The smallest absolute Gasteiger partial charge is 0.146 e. The molecule has 0 amide bonds. The minimum atomic E-state index is -0.220. The average Bonchev–Trinajstić information content (AvgIpc) is 2.31. The zero-order valence-corrected chi connectivity index (χ0v) is 9.99. The fraction of sp³-hybridized carbons (Fsp3) is 0.462. The molecule has 0 radical (unpaired) electrons. The van der Waals surface area contributed by atoms with Crippen LogP contribution in [0, 0.1) is 17.1 Å². The summed E-state index contributed by atoms with van der Waals surface area (Å²) >= 11 is 0. The largest absolute Gasteiger partial charge is 0.367 e. The monoisotopic (exact) mass is 233 g/mol. The molecular formula is C13H16FN3. The third kappa shape index (κ3) is 2.75. The number of nitriles is 1. The van der Waals surface area contributed by atoms with Crippen LogP contribution in [0.2, 0.25) is 0 Å². The van der Waals surface area contributed by atoms with Gasteiger partial charge in [0.05, 0.1) is 18.2 Å². The zero-order valence-electron chi connectivity index (χ0n) is 9.99. The van der Waals surface area contributed by atoms with Gasteiger partial charge in [0.2, 0.25) is 0 Å². The first kappa shape index (κ1) is 11.9. The summed E-state index contributed by atoms with van der Waals surface area (Å²) in [6.07, 6.45) is 0.264. The van der Waals surface area contributed by atoms with E-state index in [1.165, 1.54) is 6.07 Å². The SMILES string of the molecule is CN1CCN(c2ccc(CC#N)cc2F)CC1. The van der Waals surface area contributed by atoms with Crippen molar-refractivity contribution in [1.82, 2.24) is 4.90 Å². The van der Waals surface area contributed by atoms with Crippen molar-refractivity contribution in [3.8, 4) is 6.07 Å². The second-order valence-electron chi connectivity index (χ2n) is 4.41. The lowest BCUT2D eigenvalue weighted by Gasteiger charge is -2.34. The van der Waals surface area contributed by atoms with Crippen molar-refractivity contribution in [2.24, 2.45) is 0 Å². The molecule has 1 heterocycles. The molecule has 4 heteroatoms. The third-order valence-electron chi connectivity index (χ3n) is 3.14. The van der Waals surface area contributed by atoms with Crippen LogP contribution >= 0.6 is 0 Å². The maximum Gasteiger partial charge on any atom is 0.146 e. The molecule has 1 saturated heterocycles. The summed E-state index contributed by atoms with van der Waals surface area (Å²) in [5.74, 6) is -0.220. The summed E-state index contributed by atoms with van der Waals surface area (Å²) in [5.41, 5.74) is 1.39. The second-order valence-corrected chi connectivity index (χ2v) is 4.41. The van der Waals surface area contributed by atoms with Gasteiger partial charge in [0, 0.05) is 26.2 Å². The topological polar surface area (TPSA) is 30.3 Å². The van der Waals surface area contributed by atoms with Crippen molar-refractivity contribution < 1.29 is 4.39 Å². The van der Waals surface area contributed by atoms with Gasteiger partial charge < -0.3 is 9.80 Å². The van der Waals surface area contributed by atoms with E-state index in [0.29, 0.717) is 5.69 Å². The van der Waals surface area contributed by atoms with Crippen LogP contribution in [0.3, 0.4) is 0 Å². The summed E-state index contributed by atoms with van der Waals surface area (Å²) in [7, 11) is 2.07. The molecule has 0 atom stereocenters. The van der Waals surface area contributed by atoms with Crippen molar-refractivity contribution in [2.45, 2.75) is 6.42 Å². The highest BCUT2D eigenvalue weighted by atomic mass is 19.1. The molecule has 2 rings (SSSR count). The number of nitrogens with zero attached hydrogens (tertiary/aromatic N) is 3. The lowest BCUT2D eigenvalue weighted by atomic mass is 10.1. The predicted octanol–water partition coefficient (Wildman–Crippen LogP) is 1.64. The highest BCUT2D eigenvalue weighted by Crippen LogP contribution is 2.21. The third-order valence-corrected chi connectivity index (χ3v) is 3.14. The van der Waals surface area contributed by atoms with E-state index in [0.717, 1.165) is 31.7 Å². The van der Waals surface area contributed by atoms with Crippen molar-refractivity contribution >= 4 is 5.69 Å². The van der Waals surface area contributed by atoms with Gasteiger partial charge in [-0.15, -0.1) is 0 Å². The number of hydrogen-bond donors (Lipinski definition) is 0. The van der Waals surface area contributed by atoms with Gasteiger partial charge in [0.25, 0.3) is 0 Å². The molecule has 0 aliphatic carbocycles. The van der Waals surface area contributed by atoms with Crippen LogP contribution in [0.4, 0.5) is 10.1 Å². The fourth-order valence-electron chi connectivity index (χ4n) is 2.06. The summed E-state index contributed by atoms with van der Waals surface area (Å²) in [6.45, 7) is 3.62. The molecular weight excluding hydrogens is 217 g/mol. The Morgan fingerprint density at radius 2 is 2.00 bits per heavy atom. The Morgan fingerprint density at radius 1 is 1.29 bits per heavy atom. The molecule has 90 valence electrons. The fourth-order valence-corrected chi connectivity index (χ4v) is 2.06. The van der Waals surface area contributed by atoms with Crippen molar-refractivity contribution in [1.29, 1.82) is 5.26 Å². The Kier molecular flexibility index (Phi) is 3.60. The van der Waals surface area contributed by atoms with Crippen LogP contribution in [0.1, 0.15) is 5.56 Å². The lowest BCUT2D eigenvalue weighted by Crippen LogP contribution is -2.44. The maximum atomic E-state index is 13.9. The number of anilines is 1. The molecule has 1 aromatic carbocycles. The molecule has 0 aromatic heterocycles. The van der Waals surface area contributed by atoms with Crippen LogP contribution in [0.15, 0.2) is 18.2 Å². The maximum absolute atomic E-state index is 13.9. The molecule has 0 bridgehead atoms. The molecule has 0 unspecified atom stereocenters. The molecule has 0 saturated carbocycles. The molecule has 1 aliphatic rings. The van der Waals surface area contributed by atoms with E-state index in [2.05, 4.69) is 16.8 Å². The first-order valence-corrected chi connectivity index (χ1v) is 5.79. The number of halogens is 1. The van der Waals surface area contributed by atoms with Crippen molar-refractivity contribution in [3.63, 3.8) is 0 Å². The minimum absolute atomic E-state index is 0.220. The average molecular weight is 233 g/mol. The van der Waals surface area contributed by atoms with E-state index in [-0.39, 0.29) is 12.2 Å². The highest BCUT2D eigenvalue weighted by molar-refractivity contribution is 5.50. The second kappa shape index (κ2) is 5.15. The van der Waals surface area contributed by atoms with Crippen molar-refractivity contribution in [3.05, 3.63) is 29.6 Å². The van der Waals surface area contributed by atoms with Crippen LogP contribution in [-0.4, -0.2) is 38.1 Å². The number of piperazine rings is 1. The van der Waals surface area contributed by atoms with Gasteiger partial charge in [0.15, 0.2) is 0 Å². The normalized spacial score (nSPS) is 16.9. The minimum Gasteiger partial charge on any atom is -0.367 e. The summed E-state index contributed by atoms with van der Waals surface area (Å²) < 4.78 is 13.9. The molecule has 0 spiro atoms. The standard InChI is InChI=1S/C13H16FN3/c1-16-6-8-17(9-7-16)13-3-2-11(4-5-15)10-12(13)14/h2-3,10H,4,6-9H2,1H3. The molecule has 0 N–H and O–H groups in total. The zero-order chi connectivity index (χ0) is 12.3. The molecule has 1 aromatic rings. The van der Waals surface area contributed by atoms with Gasteiger partial charge in [-0.1, -0.05) is 6.07 Å². The van der Waals surface area contributed by atoms with Crippen LogP contribution in [0.25, 0.3) is 0 Å². The van der Waals surface area contributed by atoms with Gasteiger partial charge in [-0.25, -0.2) is 4.39 Å². The van der Waals surface area contributed by atoms with E-state index in [1.807, 2.05) is 12.1 Å². The van der Waals surface area contributed by atoms with Crippen LogP contribution < -0.4 is 4.90 Å². The Hall–Kier alpha value is -1.60. The number of hydrogen-bond acceptors (Lipinski definition) is 3. The van der Waals surface area contributed by atoms with Gasteiger partial charge in [-0.3, -0.25) is 0 Å². The lowest BCUT2D eigenvalue weighted by molar-refractivity contribution is 0.311. The van der Waals surface area contributed by atoms with Crippen molar-refractivity contribution in [2.75, 3.05) is 38.1 Å². The highest BCUT2D eigenvalue weighted by Gasteiger charge is 2.17. The first-order valence-electron chi connectivity index (χ1n) is 5.79. The van der Waals surface area contributed by atoms with E-state index < -0.39 is 0 Å². The van der Waals surface area contributed by atoms with E-state index >= 15 is 0 Å². The van der Waals surface area contributed by atoms with Crippen LogP contribution in [-0.2, 0) is 6.42 Å². The Bertz CT molecular complexity index is 431. The molecule has 3 nitrogen and oxygen atoms in total. The van der Waals surface area contributed by atoms with E-state index in [1.54, 1.807) is 6.07 Å². The van der Waals surface area contributed by atoms with Gasteiger partial charge in [-0.05, 0) is 24.7 Å². The van der Waals surface area contributed by atoms with E-state index in [4.69, 9.17) is 5.26 Å². The first-order chi connectivity index (χ1) is 8.20. The van der Waals surface area contributed by atoms with E-state index in [9.17, 15) is 4.39 Å². The predicted molar refractivity (Wildman–Crippen MR) is 65.4 cm³/mol. The van der Waals surface area contributed by atoms with Gasteiger partial charge in [0.1, 0.15) is 5.82 Å². The Balaban J connectivity index is 2.14. The molecule has 17 heavy (non-hydrogen) atoms. The summed E-state index contributed by atoms with van der Waals surface area (Å²) in [4.78, 5) is 4.30. The summed E-state index contributed by atoms with van der Waals surface area (Å²) in [6, 6.07) is 7.12.